The summed E-state index contributed by atoms with van der Waals surface area (Å²) in [4.78, 5) is 12.0. The van der Waals surface area contributed by atoms with Gasteiger partial charge in [-0.1, -0.05) is 31.5 Å². The maximum atomic E-state index is 12.0. The third kappa shape index (κ3) is 5.07. The van der Waals surface area contributed by atoms with Crippen LogP contribution in [-0.4, -0.2) is 15.7 Å². The monoisotopic (exact) mass is 322 g/mol. The molecule has 0 spiro atoms. The van der Waals surface area contributed by atoms with E-state index < -0.39 is 0 Å². The first-order valence-corrected chi connectivity index (χ1v) is 7.35. The quantitative estimate of drug-likeness (QED) is 0.768. The molecule has 0 aliphatic rings. The zero-order valence-electron chi connectivity index (χ0n) is 12.8. The summed E-state index contributed by atoms with van der Waals surface area (Å²) in [7, 11) is 0. The van der Waals surface area contributed by atoms with Gasteiger partial charge in [0.1, 0.15) is 5.82 Å². The van der Waals surface area contributed by atoms with Gasteiger partial charge in [-0.3, -0.25) is 4.79 Å². The van der Waals surface area contributed by atoms with E-state index in [1.807, 2.05) is 35.0 Å². The predicted octanol–water partition coefficient (Wildman–Crippen LogP) is 3.26. The van der Waals surface area contributed by atoms with Gasteiger partial charge in [-0.05, 0) is 24.5 Å². The molecule has 6 heteroatoms. The van der Waals surface area contributed by atoms with Gasteiger partial charge < -0.3 is 11.1 Å². The number of carbonyl (C=O) groups excluding carboxylic acids is 1. The predicted molar refractivity (Wildman–Crippen MR) is 92.2 cm³/mol. The molecule has 3 N–H and O–H groups in total. The van der Waals surface area contributed by atoms with Crippen molar-refractivity contribution < 1.29 is 4.79 Å². The van der Waals surface area contributed by atoms with Gasteiger partial charge in [-0.15, -0.1) is 12.4 Å². The molecule has 1 aromatic carbocycles. The van der Waals surface area contributed by atoms with Crippen molar-refractivity contribution in [2.24, 2.45) is 0 Å². The molecule has 0 unspecified atom stereocenters. The average Bonchev–Trinajstić information content (AvgIpc) is 2.91. The number of carbonyl (C=O) groups is 1. The third-order valence-corrected chi connectivity index (χ3v) is 3.38. The highest BCUT2D eigenvalue weighted by Crippen LogP contribution is 2.14. The maximum absolute atomic E-state index is 12.0. The molecule has 0 saturated heterocycles. The molecule has 0 bridgehead atoms. The number of amides is 1. The van der Waals surface area contributed by atoms with Crippen LogP contribution in [0.3, 0.4) is 0 Å². The number of anilines is 2. The lowest BCUT2D eigenvalue weighted by Gasteiger charge is -2.09. The minimum absolute atomic E-state index is 0. The zero-order valence-corrected chi connectivity index (χ0v) is 13.6. The number of aryl methyl sites for hydroxylation is 2. The lowest BCUT2D eigenvalue weighted by molar-refractivity contribution is -0.116. The Morgan fingerprint density at radius 3 is 2.82 bits per heavy atom. The van der Waals surface area contributed by atoms with Gasteiger partial charge in [-0.2, -0.15) is 5.10 Å². The van der Waals surface area contributed by atoms with Crippen LogP contribution in [0.2, 0.25) is 0 Å². The second-order valence-corrected chi connectivity index (χ2v) is 5.04. The highest BCUT2D eigenvalue weighted by Gasteiger charge is 2.08. The van der Waals surface area contributed by atoms with Gasteiger partial charge >= 0.3 is 0 Å². The van der Waals surface area contributed by atoms with Crippen LogP contribution in [0, 0.1) is 0 Å². The first-order chi connectivity index (χ1) is 10.2. The molecule has 120 valence electrons. The lowest BCUT2D eigenvalue weighted by Crippen LogP contribution is -2.16. The summed E-state index contributed by atoms with van der Waals surface area (Å²) in [5.74, 6) is 0.742. The summed E-state index contributed by atoms with van der Waals surface area (Å²) >= 11 is 0. The Hall–Kier alpha value is -2.01. The van der Waals surface area contributed by atoms with Crippen molar-refractivity contribution in [3.05, 3.63) is 42.1 Å². The van der Waals surface area contributed by atoms with Gasteiger partial charge in [-0.25, -0.2) is 4.68 Å². The van der Waals surface area contributed by atoms with Crippen molar-refractivity contribution in [1.29, 1.82) is 0 Å². The number of halogens is 1. The minimum atomic E-state index is -0.0171. The van der Waals surface area contributed by atoms with E-state index in [-0.39, 0.29) is 18.3 Å². The van der Waals surface area contributed by atoms with Crippen LogP contribution >= 0.6 is 12.4 Å². The van der Waals surface area contributed by atoms with E-state index in [9.17, 15) is 4.79 Å². The summed E-state index contributed by atoms with van der Waals surface area (Å²) < 4.78 is 1.83. The molecule has 0 radical (unpaired) electrons. The van der Waals surface area contributed by atoms with E-state index in [1.165, 1.54) is 0 Å². The van der Waals surface area contributed by atoms with Crippen LogP contribution in [0.25, 0.3) is 0 Å². The summed E-state index contributed by atoms with van der Waals surface area (Å²) in [6, 6.07) is 9.46. The molecule has 0 aliphatic heterocycles. The molecule has 22 heavy (non-hydrogen) atoms. The van der Waals surface area contributed by atoms with E-state index >= 15 is 0 Å². The van der Waals surface area contributed by atoms with Gasteiger partial charge in [0.2, 0.25) is 5.91 Å². The molecule has 2 aromatic rings. The van der Waals surface area contributed by atoms with Crippen molar-refractivity contribution in [2.45, 2.75) is 39.2 Å². The Balaban J connectivity index is 0.00000242. The molecule has 1 heterocycles. The number of nitrogens with one attached hydrogen (secondary N) is 1. The number of nitrogens with zero attached hydrogens (tertiary/aromatic N) is 2. The SMILES string of the molecule is CCCCn1nccc1NC(=O)CCc1ccccc1N.Cl. The van der Waals surface area contributed by atoms with E-state index in [4.69, 9.17) is 5.73 Å². The smallest absolute Gasteiger partial charge is 0.225 e. The number of benzene rings is 1. The first kappa shape index (κ1) is 18.0. The maximum Gasteiger partial charge on any atom is 0.225 e. The Labute approximate surface area is 137 Å². The van der Waals surface area contributed by atoms with E-state index in [1.54, 1.807) is 6.20 Å². The number of aromatic nitrogens is 2. The van der Waals surface area contributed by atoms with Crippen molar-refractivity contribution in [1.82, 2.24) is 9.78 Å². The molecule has 5 nitrogen and oxygen atoms in total. The van der Waals surface area contributed by atoms with Crippen LogP contribution in [0.1, 0.15) is 31.7 Å². The topological polar surface area (TPSA) is 72.9 Å². The summed E-state index contributed by atoms with van der Waals surface area (Å²) in [6.45, 7) is 2.96. The van der Waals surface area contributed by atoms with Crippen LogP contribution in [0.5, 0.6) is 0 Å². The Morgan fingerprint density at radius 1 is 1.32 bits per heavy atom. The molecular formula is C16H23ClN4O. The van der Waals surface area contributed by atoms with Gasteiger partial charge in [0.15, 0.2) is 0 Å². The normalized spacial score (nSPS) is 10.0. The van der Waals surface area contributed by atoms with Crippen LogP contribution < -0.4 is 11.1 Å². The number of para-hydroxylation sites is 1. The number of nitrogen functional groups attached to an aromatic ring is 1. The molecule has 1 amide bonds. The Kier molecular flexibility index (Phi) is 7.46. The summed E-state index contributed by atoms with van der Waals surface area (Å²) in [5, 5.41) is 7.13. The fourth-order valence-electron chi connectivity index (χ4n) is 2.14. The molecular weight excluding hydrogens is 300 g/mol. The molecule has 2 rings (SSSR count). The Bertz CT molecular complexity index is 597. The second-order valence-electron chi connectivity index (χ2n) is 5.04. The fraction of sp³-hybridized carbons (Fsp3) is 0.375. The number of hydrogen-bond donors (Lipinski definition) is 2. The number of hydrogen-bond acceptors (Lipinski definition) is 3. The van der Waals surface area contributed by atoms with Gasteiger partial charge in [0.25, 0.3) is 0 Å². The lowest BCUT2D eigenvalue weighted by atomic mass is 10.1. The van der Waals surface area contributed by atoms with Crippen LogP contribution in [0.4, 0.5) is 11.5 Å². The van der Waals surface area contributed by atoms with E-state index in [2.05, 4.69) is 17.3 Å². The van der Waals surface area contributed by atoms with Gasteiger partial charge in [0.05, 0.1) is 6.20 Å². The van der Waals surface area contributed by atoms with Crippen LogP contribution in [-0.2, 0) is 17.8 Å². The summed E-state index contributed by atoms with van der Waals surface area (Å²) in [5.41, 5.74) is 7.62. The first-order valence-electron chi connectivity index (χ1n) is 7.35. The molecule has 0 atom stereocenters. The van der Waals surface area contributed by atoms with Crippen molar-refractivity contribution in [3.63, 3.8) is 0 Å². The largest absolute Gasteiger partial charge is 0.399 e. The number of rotatable bonds is 7. The summed E-state index contributed by atoms with van der Waals surface area (Å²) in [6.07, 6.45) is 4.90. The van der Waals surface area contributed by atoms with Crippen molar-refractivity contribution >= 4 is 29.8 Å². The highest BCUT2D eigenvalue weighted by molar-refractivity contribution is 5.90. The molecule has 0 aliphatic carbocycles. The Morgan fingerprint density at radius 2 is 2.09 bits per heavy atom. The standard InChI is InChI=1S/C16H22N4O.ClH/c1-2-3-12-20-15(10-11-18-20)19-16(21)9-8-13-6-4-5-7-14(13)17;/h4-7,10-11H,2-3,8-9,12,17H2,1H3,(H,19,21);1H. The van der Waals surface area contributed by atoms with Crippen molar-refractivity contribution in [3.8, 4) is 0 Å². The average molecular weight is 323 g/mol. The second kappa shape index (κ2) is 9.10. The van der Waals surface area contributed by atoms with E-state index in [0.717, 1.165) is 36.5 Å². The molecule has 0 saturated carbocycles. The van der Waals surface area contributed by atoms with E-state index in [0.29, 0.717) is 12.8 Å². The number of unbranched alkanes of at least 4 members (excludes halogenated alkanes) is 1. The zero-order chi connectivity index (χ0) is 15.1. The molecule has 0 fully saturated rings. The van der Waals surface area contributed by atoms with Gasteiger partial charge in [0, 0.05) is 24.7 Å². The van der Waals surface area contributed by atoms with Crippen molar-refractivity contribution in [2.75, 3.05) is 11.1 Å². The number of nitrogens with two attached hydrogens (primary N) is 1. The fourth-order valence-corrected chi connectivity index (χ4v) is 2.14. The minimum Gasteiger partial charge on any atom is -0.399 e. The highest BCUT2D eigenvalue weighted by atomic mass is 35.5. The third-order valence-electron chi connectivity index (χ3n) is 3.38. The molecule has 1 aromatic heterocycles. The van der Waals surface area contributed by atoms with Crippen LogP contribution in [0.15, 0.2) is 36.5 Å².